The van der Waals surface area contributed by atoms with Gasteiger partial charge in [-0.2, -0.15) is 0 Å². The van der Waals surface area contributed by atoms with Crippen LogP contribution < -0.4 is 9.80 Å². The SMILES string of the molecule is C[C@@H]1CN(c2ccc(N3C[C@H](CO)OC3=O)cc2F)C[C@@H]1N1CN(C)C(=O)N(C)C1. The molecule has 0 spiro atoms. The van der Waals surface area contributed by atoms with E-state index in [1.54, 1.807) is 36.0 Å². The summed E-state index contributed by atoms with van der Waals surface area (Å²) in [6, 6.07) is 4.94. The predicted molar refractivity (Wildman–Crippen MR) is 109 cm³/mol. The summed E-state index contributed by atoms with van der Waals surface area (Å²) in [5, 5.41) is 9.18. The number of rotatable bonds is 4. The Bertz CT molecular complexity index is 825. The second-order valence-electron chi connectivity index (χ2n) is 8.43. The molecule has 3 amide bonds. The molecule has 3 saturated heterocycles. The number of aliphatic hydroxyl groups excluding tert-OH is 1. The molecule has 3 atom stereocenters. The Hall–Kier alpha value is -2.59. The third kappa shape index (κ3) is 3.65. The average molecular weight is 421 g/mol. The molecule has 9 nitrogen and oxygen atoms in total. The number of cyclic esters (lactones) is 1. The number of urea groups is 1. The molecule has 1 aromatic carbocycles. The van der Waals surface area contributed by atoms with Crippen molar-refractivity contribution < 1.29 is 23.8 Å². The van der Waals surface area contributed by atoms with E-state index in [-0.39, 0.29) is 25.2 Å². The fourth-order valence-corrected chi connectivity index (χ4v) is 4.58. The van der Waals surface area contributed by atoms with Gasteiger partial charge in [-0.05, 0) is 24.1 Å². The summed E-state index contributed by atoms with van der Waals surface area (Å²) in [5.74, 6) is -0.0957. The number of aliphatic hydroxyl groups is 1. The zero-order valence-corrected chi connectivity index (χ0v) is 17.5. The van der Waals surface area contributed by atoms with E-state index in [4.69, 9.17) is 4.74 Å². The average Bonchev–Trinajstić information content (AvgIpc) is 3.28. The van der Waals surface area contributed by atoms with Crippen molar-refractivity contribution in [1.82, 2.24) is 14.7 Å². The highest BCUT2D eigenvalue weighted by atomic mass is 19.1. The summed E-state index contributed by atoms with van der Waals surface area (Å²) in [4.78, 5) is 32.9. The fraction of sp³-hybridized carbons (Fsp3) is 0.600. The fourth-order valence-electron chi connectivity index (χ4n) is 4.58. The Morgan fingerprint density at radius 3 is 2.43 bits per heavy atom. The molecular weight excluding hydrogens is 393 g/mol. The molecule has 164 valence electrons. The van der Waals surface area contributed by atoms with Crippen LogP contribution in [0, 0.1) is 11.7 Å². The van der Waals surface area contributed by atoms with Crippen molar-refractivity contribution in [1.29, 1.82) is 0 Å². The van der Waals surface area contributed by atoms with E-state index in [1.165, 1.54) is 11.0 Å². The van der Waals surface area contributed by atoms with Gasteiger partial charge in [-0.25, -0.2) is 14.0 Å². The van der Waals surface area contributed by atoms with Crippen molar-refractivity contribution in [2.24, 2.45) is 5.92 Å². The third-order valence-corrected chi connectivity index (χ3v) is 6.14. The molecule has 0 saturated carbocycles. The lowest BCUT2D eigenvalue weighted by molar-refractivity contribution is 0.0233. The zero-order chi connectivity index (χ0) is 21.6. The highest BCUT2D eigenvalue weighted by molar-refractivity contribution is 5.90. The Balaban J connectivity index is 1.47. The molecule has 3 heterocycles. The molecular formula is C20H28FN5O4. The molecule has 0 unspecified atom stereocenters. The Labute approximate surface area is 175 Å². The summed E-state index contributed by atoms with van der Waals surface area (Å²) >= 11 is 0. The van der Waals surface area contributed by atoms with Crippen molar-refractivity contribution in [2.75, 3.05) is 63.5 Å². The maximum Gasteiger partial charge on any atom is 0.414 e. The van der Waals surface area contributed by atoms with Crippen LogP contribution in [-0.4, -0.2) is 97.8 Å². The molecule has 4 rings (SSSR count). The summed E-state index contributed by atoms with van der Waals surface area (Å²) in [7, 11) is 3.57. The van der Waals surface area contributed by atoms with Gasteiger partial charge in [0.15, 0.2) is 0 Å². The minimum atomic E-state index is -0.590. The Kier molecular flexibility index (Phi) is 5.46. The minimum absolute atomic E-state index is 0.000680. The molecule has 0 aromatic heterocycles. The summed E-state index contributed by atoms with van der Waals surface area (Å²) in [6.07, 6.45) is -1.17. The van der Waals surface area contributed by atoms with Gasteiger partial charge in [-0.15, -0.1) is 0 Å². The number of carbonyl (C=O) groups is 2. The van der Waals surface area contributed by atoms with Crippen molar-refractivity contribution in [3.63, 3.8) is 0 Å². The first kappa shape index (κ1) is 20.7. The van der Waals surface area contributed by atoms with Crippen LogP contribution in [-0.2, 0) is 4.74 Å². The van der Waals surface area contributed by atoms with E-state index in [1.807, 2.05) is 4.90 Å². The first-order valence-corrected chi connectivity index (χ1v) is 10.1. The second kappa shape index (κ2) is 7.92. The molecule has 0 radical (unpaired) electrons. The van der Waals surface area contributed by atoms with E-state index >= 15 is 0 Å². The molecule has 30 heavy (non-hydrogen) atoms. The van der Waals surface area contributed by atoms with Crippen molar-refractivity contribution >= 4 is 23.5 Å². The van der Waals surface area contributed by atoms with Crippen molar-refractivity contribution in [2.45, 2.75) is 19.1 Å². The van der Waals surface area contributed by atoms with Gasteiger partial charge in [-0.1, -0.05) is 6.92 Å². The van der Waals surface area contributed by atoms with Crippen LogP contribution >= 0.6 is 0 Å². The van der Waals surface area contributed by atoms with Gasteiger partial charge in [0.1, 0.15) is 11.9 Å². The van der Waals surface area contributed by atoms with Crippen molar-refractivity contribution in [3.8, 4) is 0 Å². The summed E-state index contributed by atoms with van der Waals surface area (Å²) < 4.78 is 20.0. The van der Waals surface area contributed by atoms with E-state index in [0.717, 1.165) is 0 Å². The lowest BCUT2D eigenvalue weighted by Crippen LogP contribution is -2.59. The van der Waals surface area contributed by atoms with Crippen LogP contribution in [0.25, 0.3) is 0 Å². The topological polar surface area (TPSA) is 79.8 Å². The normalized spacial score (nSPS) is 28.0. The van der Waals surface area contributed by atoms with Crippen LogP contribution in [0.5, 0.6) is 0 Å². The first-order valence-electron chi connectivity index (χ1n) is 10.1. The number of amides is 3. The van der Waals surface area contributed by atoms with Gasteiger partial charge in [0, 0.05) is 33.2 Å². The second-order valence-corrected chi connectivity index (χ2v) is 8.43. The number of hydrogen-bond acceptors (Lipinski definition) is 6. The number of halogens is 1. The molecule has 0 aliphatic carbocycles. The molecule has 1 aromatic rings. The number of hydrogen-bond donors (Lipinski definition) is 1. The van der Waals surface area contributed by atoms with Gasteiger partial charge in [0.25, 0.3) is 0 Å². The van der Waals surface area contributed by atoms with E-state index in [9.17, 15) is 19.1 Å². The van der Waals surface area contributed by atoms with Gasteiger partial charge < -0.3 is 24.5 Å². The van der Waals surface area contributed by atoms with Crippen LogP contribution in [0.15, 0.2) is 18.2 Å². The summed E-state index contributed by atoms with van der Waals surface area (Å²) in [6.45, 7) is 4.55. The number of ether oxygens (including phenoxy) is 1. The Morgan fingerprint density at radius 2 is 1.83 bits per heavy atom. The van der Waals surface area contributed by atoms with Gasteiger partial charge in [0.2, 0.25) is 0 Å². The number of benzene rings is 1. The van der Waals surface area contributed by atoms with Crippen LogP contribution in [0.2, 0.25) is 0 Å². The first-order chi connectivity index (χ1) is 14.3. The zero-order valence-electron chi connectivity index (χ0n) is 17.5. The molecule has 10 heteroatoms. The van der Waals surface area contributed by atoms with E-state index < -0.39 is 18.0 Å². The molecule has 3 aliphatic heterocycles. The number of carbonyl (C=O) groups excluding carboxylic acids is 2. The lowest BCUT2D eigenvalue weighted by atomic mass is 10.1. The largest absolute Gasteiger partial charge is 0.441 e. The predicted octanol–water partition coefficient (Wildman–Crippen LogP) is 1.18. The van der Waals surface area contributed by atoms with Crippen LogP contribution in [0.1, 0.15) is 6.92 Å². The minimum Gasteiger partial charge on any atom is -0.441 e. The maximum atomic E-state index is 15.0. The molecule has 3 fully saturated rings. The number of anilines is 2. The van der Waals surface area contributed by atoms with Crippen LogP contribution in [0.4, 0.5) is 25.4 Å². The summed E-state index contributed by atoms with van der Waals surface area (Å²) in [5.41, 5.74) is 0.910. The highest BCUT2D eigenvalue weighted by Crippen LogP contribution is 2.32. The Morgan fingerprint density at radius 1 is 1.13 bits per heavy atom. The van der Waals surface area contributed by atoms with Crippen LogP contribution in [0.3, 0.4) is 0 Å². The lowest BCUT2D eigenvalue weighted by Gasteiger charge is -2.42. The quantitative estimate of drug-likeness (QED) is 0.787. The number of nitrogens with zero attached hydrogens (tertiary/aromatic N) is 5. The maximum absolute atomic E-state index is 15.0. The molecule has 3 aliphatic rings. The monoisotopic (exact) mass is 421 g/mol. The third-order valence-electron chi connectivity index (χ3n) is 6.14. The molecule has 0 bridgehead atoms. The van der Waals surface area contributed by atoms with Gasteiger partial charge >= 0.3 is 12.1 Å². The molecule has 1 N–H and O–H groups in total. The standard InChI is InChI=1S/C20H28FN5O4/c1-13-7-24(9-18(13)25-11-22(2)19(28)23(3)12-25)17-5-4-14(6-16(17)21)26-8-15(10-27)30-20(26)29/h4-6,13,15,18,27H,7-12H2,1-3H3/t13-,15-,18+/m1/s1. The van der Waals surface area contributed by atoms with Gasteiger partial charge in [-0.3, -0.25) is 9.80 Å². The van der Waals surface area contributed by atoms with Crippen molar-refractivity contribution in [3.05, 3.63) is 24.0 Å². The van der Waals surface area contributed by atoms with E-state index in [2.05, 4.69) is 11.8 Å². The smallest absolute Gasteiger partial charge is 0.414 e. The highest BCUT2D eigenvalue weighted by Gasteiger charge is 2.39. The van der Waals surface area contributed by atoms with E-state index in [0.29, 0.717) is 43.7 Å². The van der Waals surface area contributed by atoms with Gasteiger partial charge in [0.05, 0.1) is 37.9 Å².